The Labute approximate surface area is 76.2 Å². The van der Waals surface area contributed by atoms with Gasteiger partial charge < -0.3 is 5.11 Å². The zero-order valence-electron chi connectivity index (χ0n) is 7.53. The summed E-state index contributed by atoms with van der Waals surface area (Å²) in [6, 6.07) is 1.80. The van der Waals surface area contributed by atoms with Crippen molar-refractivity contribution in [2.75, 3.05) is 0 Å². The van der Waals surface area contributed by atoms with Crippen LogP contribution in [0.25, 0.3) is 0 Å². The zero-order chi connectivity index (χ0) is 9.47. The molecule has 13 heavy (non-hydrogen) atoms. The van der Waals surface area contributed by atoms with Gasteiger partial charge >= 0.3 is 5.97 Å². The van der Waals surface area contributed by atoms with Crippen molar-refractivity contribution in [3.63, 3.8) is 0 Å². The molecule has 0 aliphatic heterocycles. The molecule has 0 atom stereocenters. The number of nitrogens with zero attached hydrogens (tertiary/aromatic N) is 2. The van der Waals surface area contributed by atoms with Gasteiger partial charge in [0.05, 0.1) is 5.69 Å². The first-order chi connectivity index (χ1) is 6.17. The number of carbonyl (C=O) groups is 1. The molecule has 1 saturated carbocycles. The second kappa shape index (κ2) is 2.58. The molecule has 0 unspecified atom stereocenters. The van der Waals surface area contributed by atoms with Crippen LogP contribution in [0, 0.1) is 0 Å². The molecule has 0 spiro atoms. The first-order valence-corrected chi connectivity index (χ1v) is 4.39. The Kier molecular flexibility index (Phi) is 1.65. The Morgan fingerprint density at radius 3 is 2.69 bits per heavy atom. The maximum atomic E-state index is 11.1. The fourth-order valence-electron chi connectivity index (χ4n) is 1.95. The largest absolute Gasteiger partial charge is 0.481 e. The molecule has 2 rings (SSSR count). The number of carboxylic acid groups (broad SMARTS) is 1. The monoisotopic (exact) mass is 180 g/mol. The third-order valence-electron chi connectivity index (χ3n) is 2.93. The summed E-state index contributed by atoms with van der Waals surface area (Å²) in [5.74, 6) is -0.720. The highest BCUT2D eigenvalue weighted by Crippen LogP contribution is 2.43. The Morgan fingerprint density at radius 2 is 2.38 bits per heavy atom. The van der Waals surface area contributed by atoms with E-state index < -0.39 is 11.4 Å². The summed E-state index contributed by atoms with van der Waals surface area (Å²) in [5.41, 5.74) is 0.178. The van der Waals surface area contributed by atoms with Gasteiger partial charge in [0.25, 0.3) is 0 Å². The van der Waals surface area contributed by atoms with E-state index >= 15 is 0 Å². The summed E-state index contributed by atoms with van der Waals surface area (Å²) in [7, 11) is 1.79. The van der Waals surface area contributed by atoms with Crippen LogP contribution >= 0.6 is 0 Å². The molecule has 1 N–H and O–H groups in total. The Balaban J connectivity index is 2.43. The molecular weight excluding hydrogens is 168 g/mol. The summed E-state index contributed by atoms with van der Waals surface area (Å²) in [6.45, 7) is 0. The van der Waals surface area contributed by atoms with Gasteiger partial charge in [-0.2, -0.15) is 5.10 Å². The number of aryl methyl sites for hydroxylation is 1. The van der Waals surface area contributed by atoms with Crippen molar-refractivity contribution in [3.05, 3.63) is 18.0 Å². The molecule has 1 aromatic rings. The lowest BCUT2D eigenvalue weighted by molar-refractivity contribution is -0.147. The lowest BCUT2D eigenvalue weighted by Gasteiger charge is -2.37. The van der Waals surface area contributed by atoms with Gasteiger partial charge in [-0.1, -0.05) is 6.42 Å². The lowest BCUT2D eigenvalue weighted by Crippen LogP contribution is -2.43. The highest BCUT2D eigenvalue weighted by molar-refractivity contribution is 5.81. The van der Waals surface area contributed by atoms with Gasteiger partial charge in [0, 0.05) is 13.2 Å². The van der Waals surface area contributed by atoms with Crippen molar-refractivity contribution in [1.82, 2.24) is 9.78 Å². The van der Waals surface area contributed by atoms with E-state index in [2.05, 4.69) is 5.10 Å². The van der Waals surface area contributed by atoms with Crippen LogP contribution in [0.15, 0.2) is 12.3 Å². The van der Waals surface area contributed by atoms with Crippen molar-refractivity contribution >= 4 is 5.97 Å². The molecule has 70 valence electrons. The minimum Gasteiger partial charge on any atom is -0.481 e. The predicted octanol–water partition coefficient (Wildman–Crippen LogP) is 0.926. The van der Waals surface area contributed by atoms with E-state index in [1.807, 2.05) is 0 Å². The summed E-state index contributed by atoms with van der Waals surface area (Å²) in [5, 5.41) is 13.1. The minimum atomic E-state index is -0.720. The Hall–Kier alpha value is -1.32. The minimum absolute atomic E-state index is 0.648. The lowest BCUT2D eigenvalue weighted by atomic mass is 9.66. The Bertz CT molecular complexity index is 339. The van der Waals surface area contributed by atoms with Crippen LogP contribution in [0.1, 0.15) is 25.0 Å². The quantitative estimate of drug-likeness (QED) is 0.736. The molecule has 1 aromatic heterocycles. The van der Waals surface area contributed by atoms with Crippen LogP contribution in [0.5, 0.6) is 0 Å². The fraction of sp³-hybridized carbons (Fsp3) is 0.556. The van der Waals surface area contributed by atoms with Crippen LogP contribution in [0.4, 0.5) is 0 Å². The number of carboxylic acids is 1. The van der Waals surface area contributed by atoms with Crippen LogP contribution < -0.4 is 0 Å². The van der Waals surface area contributed by atoms with E-state index in [0.717, 1.165) is 25.0 Å². The first kappa shape index (κ1) is 8.29. The van der Waals surface area contributed by atoms with Crippen molar-refractivity contribution in [1.29, 1.82) is 0 Å². The maximum Gasteiger partial charge on any atom is 0.315 e. The number of hydrogen-bond acceptors (Lipinski definition) is 2. The summed E-state index contributed by atoms with van der Waals surface area (Å²) < 4.78 is 1.66. The van der Waals surface area contributed by atoms with E-state index in [1.54, 1.807) is 24.0 Å². The van der Waals surface area contributed by atoms with Gasteiger partial charge in [0.1, 0.15) is 5.41 Å². The third-order valence-corrected chi connectivity index (χ3v) is 2.93. The molecule has 0 bridgehead atoms. The van der Waals surface area contributed by atoms with Gasteiger partial charge in [-0.25, -0.2) is 0 Å². The summed E-state index contributed by atoms with van der Waals surface area (Å²) in [4.78, 5) is 11.1. The zero-order valence-corrected chi connectivity index (χ0v) is 7.53. The SMILES string of the molecule is Cn1nccc1C1(C(=O)O)CCC1. The van der Waals surface area contributed by atoms with Crippen LogP contribution in [-0.2, 0) is 17.3 Å². The van der Waals surface area contributed by atoms with Gasteiger partial charge in [-0.3, -0.25) is 9.48 Å². The molecule has 0 saturated heterocycles. The average molecular weight is 180 g/mol. The topological polar surface area (TPSA) is 55.1 Å². The number of aromatic nitrogens is 2. The van der Waals surface area contributed by atoms with E-state index in [4.69, 9.17) is 5.11 Å². The molecule has 1 heterocycles. The second-order valence-electron chi connectivity index (χ2n) is 3.58. The molecule has 4 nitrogen and oxygen atoms in total. The smallest absolute Gasteiger partial charge is 0.315 e. The number of rotatable bonds is 2. The van der Waals surface area contributed by atoms with Crippen molar-refractivity contribution in [3.8, 4) is 0 Å². The summed E-state index contributed by atoms with van der Waals surface area (Å²) >= 11 is 0. The summed E-state index contributed by atoms with van der Waals surface area (Å²) in [6.07, 6.45) is 4.12. The van der Waals surface area contributed by atoms with Gasteiger partial charge in [0.15, 0.2) is 0 Å². The van der Waals surface area contributed by atoms with E-state index in [1.165, 1.54) is 0 Å². The number of aliphatic carboxylic acids is 1. The van der Waals surface area contributed by atoms with E-state index in [0.29, 0.717) is 0 Å². The molecule has 1 aliphatic rings. The van der Waals surface area contributed by atoms with Gasteiger partial charge in [-0.15, -0.1) is 0 Å². The number of hydrogen-bond donors (Lipinski definition) is 1. The molecule has 1 aliphatic carbocycles. The fourth-order valence-corrected chi connectivity index (χ4v) is 1.95. The van der Waals surface area contributed by atoms with Crippen LogP contribution in [0.2, 0.25) is 0 Å². The van der Waals surface area contributed by atoms with Crippen molar-refractivity contribution in [2.24, 2.45) is 7.05 Å². The van der Waals surface area contributed by atoms with Gasteiger partial charge in [0.2, 0.25) is 0 Å². The van der Waals surface area contributed by atoms with E-state index in [-0.39, 0.29) is 0 Å². The molecule has 0 amide bonds. The molecule has 1 fully saturated rings. The molecule has 0 aromatic carbocycles. The van der Waals surface area contributed by atoms with Crippen molar-refractivity contribution < 1.29 is 9.90 Å². The third kappa shape index (κ3) is 0.978. The van der Waals surface area contributed by atoms with Crippen molar-refractivity contribution in [2.45, 2.75) is 24.7 Å². The standard InChI is InChI=1S/C9H12N2O2/c1-11-7(3-6-10-11)9(8(12)13)4-2-5-9/h3,6H,2,4-5H2,1H3,(H,12,13). The molecular formula is C9H12N2O2. The maximum absolute atomic E-state index is 11.1. The second-order valence-corrected chi connectivity index (χ2v) is 3.58. The van der Waals surface area contributed by atoms with E-state index in [9.17, 15) is 4.79 Å². The van der Waals surface area contributed by atoms with Gasteiger partial charge in [-0.05, 0) is 18.9 Å². The molecule has 0 radical (unpaired) electrons. The Morgan fingerprint density at radius 1 is 1.69 bits per heavy atom. The van der Waals surface area contributed by atoms with Crippen LogP contribution in [0.3, 0.4) is 0 Å². The highest BCUT2D eigenvalue weighted by Gasteiger charge is 2.47. The molecule has 4 heteroatoms. The highest BCUT2D eigenvalue weighted by atomic mass is 16.4. The van der Waals surface area contributed by atoms with Crippen LogP contribution in [-0.4, -0.2) is 20.9 Å². The normalized spacial score (nSPS) is 19.5. The predicted molar refractivity (Wildman–Crippen MR) is 46.4 cm³/mol. The first-order valence-electron chi connectivity index (χ1n) is 4.39. The average Bonchev–Trinajstić information content (AvgIpc) is 2.34.